The molecule has 0 fully saturated rings. The molecule has 0 spiro atoms. The molecule has 71 heavy (non-hydrogen) atoms. The van der Waals surface area contributed by atoms with Gasteiger partial charge in [-0.3, -0.25) is 0 Å². The Bertz CT molecular complexity index is 4080. The first-order valence-electron chi connectivity index (χ1n) is 29.8. The number of hydrogen-bond donors (Lipinski definition) is 0. The normalized spacial score (nSPS) is 19.2. The van der Waals surface area contributed by atoms with Crippen molar-refractivity contribution in [1.82, 2.24) is 9.55 Å². The van der Waals surface area contributed by atoms with Crippen molar-refractivity contribution in [3.05, 3.63) is 198 Å². The zero-order chi connectivity index (χ0) is 59.3. The van der Waals surface area contributed by atoms with Crippen LogP contribution in [0.4, 0.5) is 22.7 Å². The van der Waals surface area contributed by atoms with E-state index in [2.05, 4.69) is 104 Å². The molecule has 3 heterocycles. The molecule has 2 aromatic heterocycles. The van der Waals surface area contributed by atoms with E-state index in [4.69, 9.17) is 26.2 Å². The van der Waals surface area contributed by atoms with E-state index in [1.165, 1.54) is 12.1 Å². The van der Waals surface area contributed by atoms with Gasteiger partial charge in [0.15, 0.2) is 0 Å². The van der Waals surface area contributed by atoms with Crippen LogP contribution in [0, 0.1) is 25.7 Å². The molecule has 0 saturated heterocycles. The van der Waals surface area contributed by atoms with Crippen LogP contribution in [0.15, 0.2) is 146 Å². The maximum atomic E-state index is 9.16. The Hall–Kier alpha value is -6.42. The molecule has 9 aromatic rings. The van der Waals surface area contributed by atoms with Gasteiger partial charge in [0.1, 0.15) is 5.82 Å². The Morgan fingerprint density at radius 2 is 1.31 bits per heavy atom. The van der Waals surface area contributed by atoms with Crippen molar-refractivity contribution in [3.63, 3.8) is 0 Å². The minimum absolute atomic E-state index is 0. The van der Waals surface area contributed by atoms with Crippen molar-refractivity contribution in [2.45, 2.75) is 111 Å². The first-order valence-corrected chi connectivity index (χ1v) is 23.8. The van der Waals surface area contributed by atoms with Crippen LogP contribution >= 0.6 is 0 Å². The molecular formula is C65H63N4OPt-3. The van der Waals surface area contributed by atoms with Gasteiger partial charge < -0.3 is 19.1 Å². The minimum atomic E-state index is -3.24. The quantitative estimate of drug-likeness (QED) is 0.149. The number of anilines is 4. The Balaban J connectivity index is 0.00000769. The van der Waals surface area contributed by atoms with Gasteiger partial charge in [-0.2, -0.15) is 12.1 Å². The van der Waals surface area contributed by atoms with Crippen molar-refractivity contribution in [3.8, 4) is 39.6 Å². The molecule has 0 amide bonds. The van der Waals surface area contributed by atoms with Gasteiger partial charge in [0, 0.05) is 83.4 Å². The van der Waals surface area contributed by atoms with E-state index < -0.39 is 25.5 Å². The van der Waals surface area contributed by atoms with Crippen LogP contribution in [0.25, 0.3) is 49.9 Å². The monoisotopic (exact) mass is 1120 g/mol. The number of aryl methyl sites for hydroxylation is 3. The molecule has 0 atom stereocenters. The smallest absolute Gasteiger partial charge is 0.135 e. The predicted molar refractivity (Wildman–Crippen MR) is 293 cm³/mol. The van der Waals surface area contributed by atoms with Gasteiger partial charge >= 0.3 is 0 Å². The summed E-state index contributed by atoms with van der Waals surface area (Å²) >= 11 is 0. The summed E-state index contributed by atoms with van der Waals surface area (Å²) in [4.78, 5) is 8.82. The van der Waals surface area contributed by atoms with Gasteiger partial charge in [0.2, 0.25) is 0 Å². The largest absolute Gasteiger partial charge is 0.509 e. The number of ether oxygens (including phenoxy) is 1. The maximum absolute atomic E-state index is 9.16. The van der Waals surface area contributed by atoms with Crippen LogP contribution in [-0.4, -0.2) is 9.55 Å². The SMILES string of the molecule is [2H]c1c([2H])c([2H])c2c(c1[2H])c1ccc(Oc3[c-]c(N4[CH-]N(c5c(-c6cc(C(C)(C)C)cc(C(C)(C)C)c6)cccc5-c5ccc6c(c5)C([2H])([2H])C([2H])([2H])C([2H])([2H])C6([2H])[2H])c5ccccc54)ccc3C)[c-]c1n2-c1cc(C(C)(C)C)ccn1.[Pt]. The second-order valence-corrected chi connectivity index (χ2v) is 21.4. The predicted octanol–water partition coefficient (Wildman–Crippen LogP) is 17.4. The molecule has 11 rings (SSSR count). The summed E-state index contributed by atoms with van der Waals surface area (Å²) in [5, 5.41) is 0.890. The molecule has 1 aliphatic heterocycles. The number of hydrogen-bond acceptors (Lipinski definition) is 4. The second-order valence-electron chi connectivity index (χ2n) is 21.4. The van der Waals surface area contributed by atoms with E-state index in [1.54, 1.807) is 29.0 Å². The summed E-state index contributed by atoms with van der Waals surface area (Å²) in [6.45, 7) is 23.2. The van der Waals surface area contributed by atoms with Gasteiger partial charge in [-0.15, -0.1) is 47.6 Å². The molecule has 362 valence electrons. The fourth-order valence-corrected chi connectivity index (χ4v) is 9.33. The number of benzene rings is 7. The minimum Gasteiger partial charge on any atom is -0.509 e. The summed E-state index contributed by atoms with van der Waals surface area (Å²) < 4.78 is 115. The summed E-state index contributed by atoms with van der Waals surface area (Å²) in [5.41, 5.74) is 9.23. The molecule has 0 bridgehead atoms. The number of fused-ring (bicyclic) bond motifs is 5. The first kappa shape index (κ1) is 35.6. The van der Waals surface area contributed by atoms with Crippen LogP contribution in [-0.2, 0) is 50.1 Å². The second kappa shape index (κ2) is 18.3. The molecule has 5 nitrogen and oxygen atoms in total. The Labute approximate surface area is 452 Å². The van der Waals surface area contributed by atoms with Crippen molar-refractivity contribution in [2.24, 2.45) is 0 Å². The third-order valence-electron chi connectivity index (χ3n) is 13.4. The fraction of sp³-hybridized carbons (Fsp3) is 0.262. The number of rotatable bonds is 7. The van der Waals surface area contributed by atoms with Gasteiger partial charge in [-0.1, -0.05) is 160 Å². The third-order valence-corrected chi connectivity index (χ3v) is 13.4. The average molecular weight is 1120 g/mol. The Morgan fingerprint density at radius 1 is 0.634 bits per heavy atom. The van der Waals surface area contributed by atoms with Crippen molar-refractivity contribution in [1.29, 1.82) is 0 Å². The number of nitrogens with zero attached hydrogens (tertiary/aromatic N) is 4. The van der Waals surface area contributed by atoms with E-state index in [0.717, 1.165) is 44.8 Å². The number of para-hydroxylation sites is 4. The summed E-state index contributed by atoms with van der Waals surface area (Å²) in [6, 6.07) is 42.2. The molecular weight excluding hydrogens is 1050 g/mol. The van der Waals surface area contributed by atoms with Gasteiger partial charge in [-0.25, -0.2) is 4.98 Å². The molecule has 2 aliphatic rings. The van der Waals surface area contributed by atoms with Crippen LogP contribution in [0.2, 0.25) is 0 Å². The van der Waals surface area contributed by atoms with E-state index in [1.807, 2.05) is 79.2 Å². The summed E-state index contributed by atoms with van der Waals surface area (Å²) in [7, 11) is 0. The van der Waals surface area contributed by atoms with Gasteiger partial charge in [-0.05, 0) is 116 Å². The van der Waals surface area contributed by atoms with Gasteiger partial charge in [0.25, 0.3) is 0 Å². The molecule has 7 aromatic carbocycles. The van der Waals surface area contributed by atoms with E-state index >= 15 is 0 Å². The van der Waals surface area contributed by atoms with E-state index in [-0.39, 0.29) is 78.1 Å². The van der Waals surface area contributed by atoms with Crippen molar-refractivity contribution < 1.29 is 42.3 Å². The van der Waals surface area contributed by atoms with Gasteiger partial charge in [0.05, 0.1) is 5.48 Å². The van der Waals surface area contributed by atoms with Crippen molar-refractivity contribution >= 4 is 44.6 Å². The van der Waals surface area contributed by atoms with Crippen LogP contribution in [0.3, 0.4) is 0 Å². The molecule has 1 aliphatic carbocycles. The molecule has 0 saturated carbocycles. The molecule has 0 unspecified atom stereocenters. The summed E-state index contributed by atoms with van der Waals surface area (Å²) in [5.74, 6) is 1.16. The van der Waals surface area contributed by atoms with E-state index in [0.29, 0.717) is 56.1 Å². The Morgan fingerprint density at radius 3 is 2.03 bits per heavy atom. The maximum Gasteiger partial charge on any atom is 0.135 e. The third kappa shape index (κ3) is 9.01. The Kier molecular flexibility index (Phi) is 9.20. The van der Waals surface area contributed by atoms with Crippen LogP contribution in [0.5, 0.6) is 11.5 Å². The number of pyridine rings is 1. The zero-order valence-corrected chi connectivity index (χ0v) is 43.9. The summed E-state index contributed by atoms with van der Waals surface area (Å²) in [6.07, 6.45) is -10.5. The van der Waals surface area contributed by atoms with E-state index in [9.17, 15) is 0 Å². The van der Waals surface area contributed by atoms with Crippen LogP contribution < -0.4 is 14.5 Å². The zero-order valence-electron chi connectivity index (χ0n) is 53.6. The van der Waals surface area contributed by atoms with Crippen LogP contribution in [0.1, 0.15) is 125 Å². The first-order chi connectivity index (χ1) is 38.2. The topological polar surface area (TPSA) is 33.5 Å². The molecule has 6 heteroatoms. The average Bonchev–Trinajstić information content (AvgIpc) is 1.31. The fourth-order valence-electron chi connectivity index (χ4n) is 9.33. The van der Waals surface area contributed by atoms with Crippen molar-refractivity contribution in [2.75, 3.05) is 9.80 Å². The number of aromatic nitrogens is 2. The molecule has 0 N–H and O–H groups in total. The molecule has 0 radical (unpaired) electrons. The standard InChI is InChI=1S/C65H63N4O.Pt/c1-42-26-29-50(39-60(42)70-51-30-31-55-54-20-13-14-23-56(54)69(59(55)40-51)61-38-47(32-33-66-61)63(2,3)4)67-41-68(58-25-16-15-24-57(58)67)62-52(45-28-27-43-18-11-12-19-44(43)34-45)21-17-22-53(62)46-35-48(64(5,6)7)37-49(36-46)65(8,9)10;/h13-17,20-38,41H,11-12,18-19H2,1-10H3;/q-3;/i11D2,12D2,13D,14D,18D2,19D2,20D,23D;.